The van der Waals surface area contributed by atoms with Crippen LogP contribution in [0.15, 0.2) is 24.3 Å². The molecule has 2 rings (SSSR count). The first-order valence-electron chi connectivity index (χ1n) is 13.5. The summed E-state index contributed by atoms with van der Waals surface area (Å²) in [5.74, 6) is 1.99. The number of ether oxygens (including phenoxy) is 3. The predicted octanol–water partition coefficient (Wildman–Crippen LogP) is 3.27. The molecule has 0 bridgehead atoms. The highest BCUT2D eigenvalue weighted by molar-refractivity contribution is 5.76. The molecule has 10 nitrogen and oxygen atoms in total. The van der Waals surface area contributed by atoms with Gasteiger partial charge in [-0.1, -0.05) is 32.0 Å². The second-order valence-corrected chi connectivity index (χ2v) is 10.1. The number of nitrogens with one attached hydrogen (secondary N) is 1. The van der Waals surface area contributed by atoms with Gasteiger partial charge in [-0.2, -0.15) is 4.98 Å². The number of carbonyl (C=O) groups is 1. The number of benzene rings is 1. The summed E-state index contributed by atoms with van der Waals surface area (Å²) in [6.45, 7) is 10.9. The topological polar surface area (TPSA) is 161 Å². The molecule has 1 aromatic carbocycles. The van der Waals surface area contributed by atoms with E-state index < -0.39 is 0 Å². The van der Waals surface area contributed by atoms with Crippen molar-refractivity contribution in [1.82, 2.24) is 15.3 Å². The van der Waals surface area contributed by atoms with E-state index in [-0.39, 0.29) is 23.3 Å². The zero-order valence-corrected chi connectivity index (χ0v) is 23.4. The summed E-state index contributed by atoms with van der Waals surface area (Å²) in [6, 6.07) is 7.78. The number of nitrogens with two attached hydrogens (primary N) is 3. The van der Waals surface area contributed by atoms with Crippen LogP contribution in [0.2, 0.25) is 0 Å². The van der Waals surface area contributed by atoms with Gasteiger partial charge in [0.25, 0.3) is 0 Å². The monoisotopic (exact) mass is 530 g/mol. The van der Waals surface area contributed by atoms with Crippen LogP contribution < -0.4 is 32.0 Å². The molecular weight excluding hydrogens is 484 g/mol. The summed E-state index contributed by atoms with van der Waals surface area (Å²) in [4.78, 5) is 20.6. The third kappa shape index (κ3) is 11.1. The van der Waals surface area contributed by atoms with Gasteiger partial charge in [0, 0.05) is 26.0 Å². The van der Waals surface area contributed by atoms with Gasteiger partial charge in [0.05, 0.1) is 24.5 Å². The van der Waals surface area contributed by atoms with Crippen molar-refractivity contribution in [2.45, 2.75) is 71.8 Å². The molecule has 0 radical (unpaired) electrons. The van der Waals surface area contributed by atoms with Crippen LogP contribution in [-0.2, 0) is 22.4 Å². The van der Waals surface area contributed by atoms with Crippen LogP contribution in [0.25, 0.3) is 0 Å². The van der Waals surface area contributed by atoms with Gasteiger partial charge >= 0.3 is 0 Å². The zero-order valence-electron chi connectivity index (χ0n) is 23.4. The highest BCUT2D eigenvalue weighted by Crippen LogP contribution is 2.25. The molecule has 0 spiro atoms. The maximum atomic E-state index is 12.4. The fraction of sp³-hybridized carbons (Fsp3) is 0.607. The molecule has 1 unspecified atom stereocenters. The lowest BCUT2D eigenvalue weighted by Gasteiger charge is -2.25. The van der Waals surface area contributed by atoms with Crippen LogP contribution in [-0.4, -0.2) is 54.4 Å². The van der Waals surface area contributed by atoms with Crippen LogP contribution in [0.5, 0.6) is 11.5 Å². The summed E-state index contributed by atoms with van der Waals surface area (Å²) in [5, 5.41) is 3.04. The van der Waals surface area contributed by atoms with Gasteiger partial charge < -0.3 is 36.7 Å². The number of anilines is 2. The number of aromatic nitrogens is 2. The van der Waals surface area contributed by atoms with E-state index in [9.17, 15) is 4.79 Å². The highest BCUT2D eigenvalue weighted by Gasteiger charge is 2.17. The Bertz CT molecular complexity index is 1000. The summed E-state index contributed by atoms with van der Waals surface area (Å²) in [6.07, 6.45) is 3.99. The number of carbonyl (C=O) groups excluding carboxylic acids is 1. The maximum absolute atomic E-state index is 12.4. The zero-order chi connectivity index (χ0) is 28.0. The van der Waals surface area contributed by atoms with Crippen molar-refractivity contribution in [2.75, 3.05) is 44.4 Å². The highest BCUT2D eigenvalue weighted by atomic mass is 16.5. The van der Waals surface area contributed by atoms with Crippen LogP contribution in [0, 0.1) is 5.92 Å². The number of rotatable bonds is 18. The Morgan fingerprint density at radius 2 is 1.84 bits per heavy atom. The number of aryl methyl sites for hydroxylation is 2. The average molecular weight is 531 g/mol. The number of hydrogen-bond acceptors (Lipinski definition) is 9. The lowest BCUT2D eigenvalue weighted by molar-refractivity contribution is -0.121. The van der Waals surface area contributed by atoms with Crippen molar-refractivity contribution < 1.29 is 19.0 Å². The molecular formula is C28H46N6O4. The first kappa shape index (κ1) is 31.1. The first-order valence-corrected chi connectivity index (χ1v) is 13.5. The van der Waals surface area contributed by atoms with Crippen molar-refractivity contribution in [3.8, 4) is 11.5 Å². The van der Waals surface area contributed by atoms with Gasteiger partial charge in [-0.3, -0.25) is 4.79 Å². The van der Waals surface area contributed by atoms with E-state index in [4.69, 9.17) is 31.4 Å². The minimum absolute atomic E-state index is 0.0273. The predicted molar refractivity (Wildman–Crippen MR) is 151 cm³/mol. The largest absolute Gasteiger partial charge is 0.493 e. The molecule has 7 N–H and O–H groups in total. The van der Waals surface area contributed by atoms with Crippen LogP contribution >= 0.6 is 0 Å². The molecule has 1 amide bonds. The summed E-state index contributed by atoms with van der Waals surface area (Å²) in [7, 11) is 0. The normalized spacial score (nSPS) is 12.2. The van der Waals surface area contributed by atoms with Crippen molar-refractivity contribution in [3.05, 3.63) is 35.5 Å². The molecule has 10 heteroatoms. The maximum Gasteiger partial charge on any atom is 0.222 e. The van der Waals surface area contributed by atoms with E-state index in [1.165, 1.54) is 0 Å². The van der Waals surface area contributed by atoms with Gasteiger partial charge in [-0.15, -0.1) is 0 Å². The number of nitrogen functional groups attached to an aromatic ring is 2. The fourth-order valence-electron chi connectivity index (χ4n) is 3.88. The van der Waals surface area contributed by atoms with Crippen LogP contribution in [0.4, 0.5) is 11.8 Å². The van der Waals surface area contributed by atoms with E-state index in [0.29, 0.717) is 76.0 Å². The molecule has 0 aliphatic rings. The number of amides is 1. The van der Waals surface area contributed by atoms with Gasteiger partial charge in [0.15, 0.2) is 11.6 Å². The Hall–Kier alpha value is -3.11. The Morgan fingerprint density at radius 3 is 2.58 bits per heavy atom. The van der Waals surface area contributed by atoms with E-state index in [1.807, 2.05) is 31.2 Å². The fourth-order valence-corrected chi connectivity index (χ4v) is 3.88. The summed E-state index contributed by atoms with van der Waals surface area (Å²) >= 11 is 0. The Kier molecular flexibility index (Phi) is 13.1. The van der Waals surface area contributed by atoms with E-state index in [1.54, 1.807) is 0 Å². The van der Waals surface area contributed by atoms with E-state index in [2.05, 4.69) is 36.1 Å². The molecule has 38 heavy (non-hydrogen) atoms. The number of hydrogen-bond donors (Lipinski definition) is 4. The van der Waals surface area contributed by atoms with Gasteiger partial charge in [-0.25, -0.2) is 4.98 Å². The van der Waals surface area contributed by atoms with Crippen LogP contribution in [0.1, 0.15) is 64.6 Å². The van der Waals surface area contributed by atoms with E-state index >= 15 is 0 Å². The molecule has 1 atom stereocenters. The molecule has 212 valence electrons. The van der Waals surface area contributed by atoms with Crippen molar-refractivity contribution >= 4 is 17.7 Å². The Balaban J connectivity index is 1.70. The molecule has 1 heterocycles. The van der Waals surface area contributed by atoms with Gasteiger partial charge in [-0.05, 0) is 63.6 Å². The third-order valence-corrected chi connectivity index (χ3v) is 6.20. The lowest BCUT2D eigenvalue weighted by atomic mass is 10.0. The van der Waals surface area contributed by atoms with Crippen LogP contribution in [0.3, 0.4) is 0 Å². The lowest BCUT2D eigenvalue weighted by Crippen LogP contribution is -2.31. The molecule has 0 saturated carbocycles. The first-order chi connectivity index (χ1) is 18.1. The third-order valence-electron chi connectivity index (χ3n) is 6.20. The van der Waals surface area contributed by atoms with Crippen molar-refractivity contribution in [1.29, 1.82) is 0 Å². The standard InChI is InChI=1S/C28H46N6O4/c1-5-22-25(26(30)34-27(31)33-22)37-17-8-16-36-23-10-7-6-9-21(23)11-12-24(35)32-19-20(2)13-18-38-28(3,4)14-15-29/h6-7,9-10,20H,5,8,11-19,29H2,1-4H3,(H,32,35)(H4,30,31,33,34). The average Bonchev–Trinajstić information content (AvgIpc) is 2.87. The second kappa shape index (κ2) is 16.0. The number of nitrogens with zero attached hydrogens (tertiary/aromatic N) is 2. The molecule has 0 aliphatic heterocycles. The molecule has 1 aromatic heterocycles. The SMILES string of the molecule is CCc1nc(N)nc(N)c1OCCCOc1ccccc1CCC(=O)NCC(C)CCOC(C)(C)CCN. The minimum Gasteiger partial charge on any atom is -0.493 e. The Morgan fingerprint density at radius 1 is 1.11 bits per heavy atom. The molecule has 2 aromatic rings. The summed E-state index contributed by atoms with van der Waals surface area (Å²) < 4.78 is 17.7. The number of para-hydroxylation sites is 1. The molecule has 0 saturated heterocycles. The molecule has 0 aliphatic carbocycles. The van der Waals surface area contributed by atoms with Crippen molar-refractivity contribution in [3.63, 3.8) is 0 Å². The second-order valence-electron chi connectivity index (χ2n) is 10.1. The minimum atomic E-state index is -0.210. The molecule has 0 fully saturated rings. The smallest absolute Gasteiger partial charge is 0.222 e. The van der Waals surface area contributed by atoms with E-state index in [0.717, 1.165) is 24.2 Å². The van der Waals surface area contributed by atoms with Gasteiger partial charge in [0.2, 0.25) is 11.9 Å². The van der Waals surface area contributed by atoms with Crippen molar-refractivity contribution in [2.24, 2.45) is 11.7 Å². The Labute approximate surface area is 227 Å². The summed E-state index contributed by atoms with van der Waals surface area (Å²) in [5.41, 5.74) is 18.7. The quantitative estimate of drug-likeness (QED) is 0.212. The van der Waals surface area contributed by atoms with Gasteiger partial charge in [0.1, 0.15) is 5.75 Å².